The zero-order chi connectivity index (χ0) is 14.4. The molecule has 0 spiro atoms. The average Bonchev–Trinajstić information content (AvgIpc) is 2.53. The lowest BCUT2D eigenvalue weighted by molar-refractivity contribution is -0.137. The summed E-state index contributed by atoms with van der Waals surface area (Å²) in [6.07, 6.45) is 0. The minimum Gasteiger partial charge on any atom is -0.484 e. The van der Waals surface area contributed by atoms with Crippen molar-refractivity contribution in [3.63, 3.8) is 0 Å². The van der Waals surface area contributed by atoms with Gasteiger partial charge in [0.05, 0.1) is 13.2 Å². The summed E-state index contributed by atoms with van der Waals surface area (Å²) >= 11 is 0. The van der Waals surface area contributed by atoms with E-state index in [4.69, 9.17) is 9.47 Å². The van der Waals surface area contributed by atoms with E-state index in [2.05, 4.69) is 5.32 Å². The summed E-state index contributed by atoms with van der Waals surface area (Å²) in [7, 11) is 1.57. The summed E-state index contributed by atoms with van der Waals surface area (Å²) in [6, 6.07) is 6.75. The lowest BCUT2D eigenvalue weighted by Crippen LogP contribution is -2.42. The van der Waals surface area contributed by atoms with E-state index in [0.29, 0.717) is 37.6 Å². The molecule has 1 aliphatic heterocycles. The number of benzene rings is 1. The van der Waals surface area contributed by atoms with Gasteiger partial charge in [-0.25, -0.2) is 0 Å². The zero-order valence-electron chi connectivity index (χ0n) is 11.4. The Morgan fingerprint density at radius 3 is 2.80 bits per heavy atom. The molecule has 2 amide bonds. The molecule has 0 aliphatic carbocycles. The third-order valence-corrected chi connectivity index (χ3v) is 3.05. The zero-order valence-corrected chi connectivity index (χ0v) is 11.4. The van der Waals surface area contributed by atoms with E-state index in [-0.39, 0.29) is 18.4 Å². The van der Waals surface area contributed by atoms with Gasteiger partial charge in [-0.1, -0.05) is 6.07 Å². The molecule has 1 aromatic carbocycles. The topological polar surface area (TPSA) is 67.9 Å². The number of hydrogen-bond donors (Lipinski definition) is 1. The van der Waals surface area contributed by atoms with Crippen molar-refractivity contribution in [1.82, 2.24) is 10.2 Å². The SMILES string of the molecule is CNC(=O)c1cccc(OCC(=O)N2CCOCC2)c1. The van der Waals surface area contributed by atoms with Gasteiger partial charge in [-0.3, -0.25) is 9.59 Å². The number of carbonyl (C=O) groups is 2. The summed E-state index contributed by atoms with van der Waals surface area (Å²) in [4.78, 5) is 25.1. The fraction of sp³-hybridized carbons (Fsp3) is 0.429. The van der Waals surface area contributed by atoms with Gasteiger partial charge < -0.3 is 19.7 Å². The van der Waals surface area contributed by atoms with E-state index in [1.165, 1.54) is 0 Å². The highest BCUT2D eigenvalue weighted by atomic mass is 16.5. The molecule has 0 unspecified atom stereocenters. The second-order valence-corrected chi connectivity index (χ2v) is 4.39. The van der Waals surface area contributed by atoms with Crippen molar-refractivity contribution in [3.8, 4) is 5.75 Å². The lowest BCUT2D eigenvalue weighted by Gasteiger charge is -2.26. The predicted octanol–water partition coefficient (Wildman–Crippen LogP) is 0.284. The molecule has 6 heteroatoms. The minimum absolute atomic E-state index is 0.0306. The summed E-state index contributed by atoms with van der Waals surface area (Å²) in [5.41, 5.74) is 0.504. The second kappa shape index (κ2) is 6.91. The van der Waals surface area contributed by atoms with Gasteiger partial charge in [0, 0.05) is 25.7 Å². The highest BCUT2D eigenvalue weighted by molar-refractivity contribution is 5.94. The molecular formula is C14H18N2O4. The molecule has 1 N–H and O–H groups in total. The second-order valence-electron chi connectivity index (χ2n) is 4.39. The Hall–Kier alpha value is -2.08. The largest absolute Gasteiger partial charge is 0.484 e. The fourth-order valence-electron chi connectivity index (χ4n) is 1.92. The van der Waals surface area contributed by atoms with E-state index in [9.17, 15) is 9.59 Å². The van der Waals surface area contributed by atoms with Crippen LogP contribution in [0.5, 0.6) is 5.75 Å². The predicted molar refractivity (Wildman–Crippen MR) is 72.7 cm³/mol. The maximum Gasteiger partial charge on any atom is 0.260 e. The highest BCUT2D eigenvalue weighted by Gasteiger charge is 2.17. The van der Waals surface area contributed by atoms with Gasteiger partial charge in [0.25, 0.3) is 11.8 Å². The molecule has 1 saturated heterocycles. The van der Waals surface area contributed by atoms with Crippen LogP contribution in [-0.4, -0.2) is 56.7 Å². The molecule has 1 fully saturated rings. The first-order valence-corrected chi connectivity index (χ1v) is 6.51. The minimum atomic E-state index is -0.185. The molecule has 0 saturated carbocycles. The van der Waals surface area contributed by atoms with Gasteiger partial charge in [0.1, 0.15) is 5.75 Å². The van der Waals surface area contributed by atoms with Gasteiger partial charge in [-0.05, 0) is 18.2 Å². The quantitative estimate of drug-likeness (QED) is 0.859. The third-order valence-electron chi connectivity index (χ3n) is 3.05. The summed E-state index contributed by atoms with van der Waals surface area (Å²) in [6.45, 7) is 2.30. The Morgan fingerprint density at radius 2 is 2.10 bits per heavy atom. The average molecular weight is 278 g/mol. The maximum absolute atomic E-state index is 11.9. The van der Waals surface area contributed by atoms with E-state index in [1.807, 2.05) is 0 Å². The molecule has 0 aromatic heterocycles. The molecule has 1 aliphatic rings. The Kier molecular flexibility index (Phi) is 4.95. The van der Waals surface area contributed by atoms with Crippen LogP contribution in [-0.2, 0) is 9.53 Å². The van der Waals surface area contributed by atoms with Crippen LogP contribution >= 0.6 is 0 Å². The number of amides is 2. The van der Waals surface area contributed by atoms with Gasteiger partial charge in [-0.2, -0.15) is 0 Å². The highest BCUT2D eigenvalue weighted by Crippen LogP contribution is 2.13. The van der Waals surface area contributed by atoms with Crippen LogP contribution in [0.4, 0.5) is 0 Å². The van der Waals surface area contributed by atoms with Crippen LogP contribution in [0.2, 0.25) is 0 Å². The van der Waals surface area contributed by atoms with Crippen LogP contribution in [0.25, 0.3) is 0 Å². The van der Waals surface area contributed by atoms with Crippen LogP contribution < -0.4 is 10.1 Å². The Morgan fingerprint density at radius 1 is 1.35 bits per heavy atom. The van der Waals surface area contributed by atoms with Gasteiger partial charge in [0.15, 0.2) is 6.61 Å². The molecule has 0 radical (unpaired) electrons. The molecule has 0 bridgehead atoms. The third kappa shape index (κ3) is 3.71. The molecule has 108 valence electrons. The smallest absolute Gasteiger partial charge is 0.260 e. The van der Waals surface area contributed by atoms with Gasteiger partial charge in [0.2, 0.25) is 0 Å². The number of nitrogens with zero attached hydrogens (tertiary/aromatic N) is 1. The van der Waals surface area contributed by atoms with Crippen molar-refractivity contribution in [2.24, 2.45) is 0 Å². The van der Waals surface area contributed by atoms with Gasteiger partial charge >= 0.3 is 0 Å². The molecule has 20 heavy (non-hydrogen) atoms. The Balaban J connectivity index is 1.90. The van der Waals surface area contributed by atoms with Crippen molar-refractivity contribution in [1.29, 1.82) is 0 Å². The van der Waals surface area contributed by atoms with Crippen molar-refractivity contribution >= 4 is 11.8 Å². The summed E-state index contributed by atoms with van der Waals surface area (Å²) < 4.78 is 10.6. The number of hydrogen-bond acceptors (Lipinski definition) is 4. The normalized spacial score (nSPS) is 14.8. The van der Waals surface area contributed by atoms with E-state index < -0.39 is 0 Å². The number of rotatable bonds is 4. The standard InChI is InChI=1S/C14H18N2O4/c1-15-14(18)11-3-2-4-12(9-11)20-10-13(17)16-5-7-19-8-6-16/h2-4,9H,5-8,10H2,1H3,(H,15,18). The molecule has 0 atom stereocenters. The van der Waals surface area contributed by atoms with Crippen molar-refractivity contribution < 1.29 is 19.1 Å². The van der Waals surface area contributed by atoms with Crippen LogP contribution in [0, 0.1) is 0 Å². The number of carbonyl (C=O) groups excluding carboxylic acids is 2. The van der Waals surface area contributed by atoms with E-state index in [1.54, 1.807) is 36.2 Å². The number of morpholine rings is 1. The molecular weight excluding hydrogens is 260 g/mol. The molecule has 1 heterocycles. The first-order chi connectivity index (χ1) is 9.70. The van der Waals surface area contributed by atoms with Crippen LogP contribution in [0.1, 0.15) is 10.4 Å². The Bertz CT molecular complexity index is 484. The first kappa shape index (κ1) is 14.3. The van der Waals surface area contributed by atoms with Crippen molar-refractivity contribution in [2.75, 3.05) is 40.0 Å². The van der Waals surface area contributed by atoms with Crippen molar-refractivity contribution in [3.05, 3.63) is 29.8 Å². The Labute approximate surface area is 117 Å². The van der Waals surface area contributed by atoms with E-state index in [0.717, 1.165) is 0 Å². The van der Waals surface area contributed by atoms with Crippen LogP contribution in [0.15, 0.2) is 24.3 Å². The molecule has 6 nitrogen and oxygen atoms in total. The molecule has 1 aromatic rings. The number of nitrogens with one attached hydrogen (secondary N) is 1. The number of ether oxygens (including phenoxy) is 2. The summed E-state index contributed by atoms with van der Waals surface area (Å²) in [5, 5.41) is 2.54. The maximum atomic E-state index is 11.9. The monoisotopic (exact) mass is 278 g/mol. The van der Waals surface area contributed by atoms with E-state index >= 15 is 0 Å². The van der Waals surface area contributed by atoms with Gasteiger partial charge in [-0.15, -0.1) is 0 Å². The van der Waals surface area contributed by atoms with Crippen LogP contribution in [0.3, 0.4) is 0 Å². The first-order valence-electron chi connectivity index (χ1n) is 6.51. The molecule has 2 rings (SSSR count). The van der Waals surface area contributed by atoms with Crippen molar-refractivity contribution in [2.45, 2.75) is 0 Å². The lowest BCUT2D eigenvalue weighted by atomic mass is 10.2. The fourth-order valence-corrected chi connectivity index (χ4v) is 1.92. The summed E-state index contributed by atoms with van der Waals surface area (Å²) in [5.74, 6) is 0.251.